The lowest BCUT2D eigenvalue weighted by Gasteiger charge is -2.42. The van der Waals surface area contributed by atoms with E-state index in [0.717, 1.165) is 44.0 Å². The van der Waals surface area contributed by atoms with Gasteiger partial charge in [0.15, 0.2) is 0 Å². The molecule has 0 radical (unpaired) electrons. The molecule has 2 fully saturated rings. The fraction of sp³-hybridized carbons (Fsp3) is 0.556. The maximum absolute atomic E-state index is 12.1. The average Bonchev–Trinajstić information content (AvgIpc) is 3.22. The number of hydrogen-bond donors (Lipinski definition) is 1. The number of aryl methyl sites for hydroxylation is 2. The molecule has 1 N–H and O–H groups in total. The van der Waals surface area contributed by atoms with Gasteiger partial charge in [-0.15, -0.1) is 0 Å². The Morgan fingerprint density at radius 1 is 1.38 bits per heavy atom. The van der Waals surface area contributed by atoms with Gasteiger partial charge in [-0.3, -0.25) is 14.4 Å². The highest BCUT2D eigenvalue weighted by atomic mass is 16.3. The van der Waals surface area contributed by atoms with Gasteiger partial charge >= 0.3 is 0 Å². The summed E-state index contributed by atoms with van der Waals surface area (Å²) in [6, 6.07) is 4.06. The second kappa shape index (κ2) is 5.77. The van der Waals surface area contributed by atoms with Crippen LogP contribution in [0.3, 0.4) is 0 Å². The number of nitrogens with zero attached hydrogens (tertiary/aromatic N) is 3. The molecule has 6 nitrogen and oxygen atoms in total. The fourth-order valence-corrected chi connectivity index (χ4v) is 4.23. The van der Waals surface area contributed by atoms with Crippen LogP contribution in [0.25, 0.3) is 0 Å². The zero-order chi connectivity index (χ0) is 16.7. The Bertz CT molecular complexity index is 740. The molecular formula is C18H24N4O2. The van der Waals surface area contributed by atoms with E-state index in [2.05, 4.69) is 21.4 Å². The molecule has 2 aromatic rings. The summed E-state index contributed by atoms with van der Waals surface area (Å²) in [5, 5.41) is 7.58. The molecule has 4 heterocycles. The first-order valence-electron chi connectivity index (χ1n) is 8.61. The van der Waals surface area contributed by atoms with E-state index in [1.807, 2.05) is 37.1 Å². The predicted molar refractivity (Wildman–Crippen MR) is 89.4 cm³/mol. The van der Waals surface area contributed by atoms with Gasteiger partial charge in [-0.2, -0.15) is 5.10 Å². The number of nitrogens with one attached hydrogen (secondary N) is 1. The van der Waals surface area contributed by atoms with Gasteiger partial charge in [-0.1, -0.05) is 0 Å². The molecule has 2 aromatic heterocycles. The third-order valence-corrected chi connectivity index (χ3v) is 5.50. The van der Waals surface area contributed by atoms with Crippen LogP contribution in [0.2, 0.25) is 0 Å². The zero-order valence-electron chi connectivity index (χ0n) is 14.3. The highest BCUT2D eigenvalue weighted by Crippen LogP contribution is 2.43. The van der Waals surface area contributed by atoms with Crippen LogP contribution in [0.1, 0.15) is 42.3 Å². The number of piperidine rings is 1. The minimum atomic E-state index is -0.115. The standard InChI is InChI=1S/C18H24N4O2/c1-13-3-4-15(24-13)12-22-7-5-18(6-8-22)16(9-17(23)20-18)14-10-19-21(2)11-14/h3-4,10-11,16H,5-9,12H2,1-2H3,(H,20,23)/t16-/m0/s1. The highest BCUT2D eigenvalue weighted by Gasteiger charge is 2.49. The summed E-state index contributed by atoms with van der Waals surface area (Å²) >= 11 is 0. The van der Waals surface area contributed by atoms with Crippen LogP contribution < -0.4 is 5.32 Å². The number of hydrogen-bond acceptors (Lipinski definition) is 4. The van der Waals surface area contributed by atoms with E-state index in [-0.39, 0.29) is 17.4 Å². The summed E-state index contributed by atoms with van der Waals surface area (Å²) < 4.78 is 7.51. The monoisotopic (exact) mass is 328 g/mol. The van der Waals surface area contributed by atoms with Crippen LogP contribution in [0.15, 0.2) is 28.9 Å². The molecular weight excluding hydrogens is 304 g/mol. The molecule has 1 atom stereocenters. The Morgan fingerprint density at radius 2 is 2.17 bits per heavy atom. The van der Waals surface area contributed by atoms with Crippen molar-refractivity contribution in [3.63, 3.8) is 0 Å². The molecule has 24 heavy (non-hydrogen) atoms. The Labute approximate surface area is 141 Å². The lowest BCUT2D eigenvalue weighted by atomic mass is 9.75. The van der Waals surface area contributed by atoms with Crippen molar-refractivity contribution in [1.82, 2.24) is 20.0 Å². The molecule has 1 spiro atoms. The molecule has 4 rings (SSSR count). The molecule has 1 amide bonds. The largest absolute Gasteiger partial charge is 0.465 e. The zero-order valence-corrected chi connectivity index (χ0v) is 14.3. The normalized spacial score (nSPS) is 23.8. The van der Waals surface area contributed by atoms with E-state index in [1.54, 1.807) is 0 Å². The second-order valence-corrected chi connectivity index (χ2v) is 7.20. The van der Waals surface area contributed by atoms with Crippen molar-refractivity contribution < 1.29 is 9.21 Å². The molecule has 0 saturated carbocycles. The lowest BCUT2D eigenvalue weighted by molar-refractivity contribution is -0.120. The molecule has 128 valence electrons. The van der Waals surface area contributed by atoms with Crippen molar-refractivity contribution in [1.29, 1.82) is 0 Å². The summed E-state index contributed by atoms with van der Waals surface area (Å²) in [4.78, 5) is 14.5. The van der Waals surface area contributed by atoms with Crippen molar-refractivity contribution in [2.45, 2.75) is 44.2 Å². The molecule has 0 bridgehead atoms. The smallest absolute Gasteiger partial charge is 0.221 e. The van der Waals surface area contributed by atoms with E-state index in [9.17, 15) is 4.79 Å². The van der Waals surface area contributed by atoms with E-state index in [0.29, 0.717) is 6.42 Å². The van der Waals surface area contributed by atoms with Crippen LogP contribution in [0.4, 0.5) is 0 Å². The third-order valence-electron chi connectivity index (χ3n) is 5.50. The number of likely N-dealkylation sites (tertiary alicyclic amines) is 1. The Kier molecular flexibility index (Phi) is 3.72. The van der Waals surface area contributed by atoms with Crippen molar-refractivity contribution in [2.24, 2.45) is 7.05 Å². The molecule has 0 aromatic carbocycles. The van der Waals surface area contributed by atoms with E-state index in [1.165, 1.54) is 5.56 Å². The predicted octanol–water partition coefficient (Wildman–Crippen LogP) is 1.96. The van der Waals surface area contributed by atoms with Gasteiger partial charge in [0.2, 0.25) is 5.91 Å². The third kappa shape index (κ3) is 2.75. The Balaban J connectivity index is 1.47. The summed E-state index contributed by atoms with van der Waals surface area (Å²) in [7, 11) is 1.92. The minimum absolute atomic E-state index is 0.115. The van der Waals surface area contributed by atoms with Gasteiger partial charge in [-0.25, -0.2) is 0 Å². The molecule has 2 aliphatic heterocycles. The summed E-state index contributed by atoms with van der Waals surface area (Å²) in [5.74, 6) is 2.37. The Hall–Kier alpha value is -2.08. The minimum Gasteiger partial charge on any atom is -0.465 e. The van der Waals surface area contributed by atoms with Crippen LogP contribution in [-0.4, -0.2) is 39.2 Å². The van der Waals surface area contributed by atoms with Gasteiger partial charge in [0.25, 0.3) is 0 Å². The maximum Gasteiger partial charge on any atom is 0.221 e. The number of rotatable bonds is 3. The molecule has 2 aliphatic rings. The number of furan rings is 1. The highest BCUT2D eigenvalue weighted by molar-refractivity contribution is 5.81. The van der Waals surface area contributed by atoms with Gasteiger partial charge in [0, 0.05) is 44.2 Å². The van der Waals surface area contributed by atoms with Crippen molar-refractivity contribution in [3.05, 3.63) is 41.6 Å². The number of aromatic nitrogens is 2. The van der Waals surface area contributed by atoms with Crippen LogP contribution in [0, 0.1) is 6.92 Å². The van der Waals surface area contributed by atoms with Gasteiger partial charge in [-0.05, 0) is 37.5 Å². The number of carbonyl (C=O) groups is 1. The first-order chi connectivity index (χ1) is 11.5. The SMILES string of the molecule is Cc1ccc(CN2CCC3(CC2)NC(=O)C[C@H]3c2cnn(C)c2)o1. The van der Waals surface area contributed by atoms with Crippen molar-refractivity contribution in [2.75, 3.05) is 13.1 Å². The topological polar surface area (TPSA) is 63.3 Å². The number of amides is 1. The first-order valence-corrected chi connectivity index (χ1v) is 8.61. The first kappa shape index (κ1) is 15.4. The molecule has 0 aliphatic carbocycles. The maximum atomic E-state index is 12.1. The number of carbonyl (C=O) groups excluding carboxylic acids is 1. The van der Waals surface area contributed by atoms with Crippen LogP contribution in [-0.2, 0) is 18.4 Å². The van der Waals surface area contributed by atoms with Gasteiger partial charge < -0.3 is 9.73 Å². The molecule has 2 saturated heterocycles. The molecule has 0 unspecified atom stereocenters. The van der Waals surface area contributed by atoms with Gasteiger partial charge in [0.05, 0.1) is 12.7 Å². The Morgan fingerprint density at radius 3 is 2.79 bits per heavy atom. The van der Waals surface area contributed by atoms with Crippen molar-refractivity contribution >= 4 is 5.91 Å². The average molecular weight is 328 g/mol. The second-order valence-electron chi connectivity index (χ2n) is 7.20. The van der Waals surface area contributed by atoms with E-state index >= 15 is 0 Å². The lowest BCUT2D eigenvalue weighted by Crippen LogP contribution is -2.53. The van der Waals surface area contributed by atoms with Crippen molar-refractivity contribution in [3.8, 4) is 0 Å². The summed E-state index contributed by atoms with van der Waals surface area (Å²) in [6.07, 6.45) is 6.47. The van der Waals surface area contributed by atoms with E-state index < -0.39 is 0 Å². The van der Waals surface area contributed by atoms with Gasteiger partial charge in [0.1, 0.15) is 11.5 Å². The summed E-state index contributed by atoms with van der Waals surface area (Å²) in [5.41, 5.74) is 1.06. The van der Waals surface area contributed by atoms with Crippen LogP contribution >= 0.6 is 0 Å². The van der Waals surface area contributed by atoms with E-state index in [4.69, 9.17) is 4.42 Å². The quantitative estimate of drug-likeness (QED) is 0.935. The fourth-order valence-electron chi connectivity index (χ4n) is 4.23. The molecule has 6 heteroatoms. The summed E-state index contributed by atoms with van der Waals surface area (Å²) in [6.45, 7) is 4.75. The van der Waals surface area contributed by atoms with Crippen LogP contribution in [0.5, 0.6) is 0 Å².